The molecule has 2 amide bonds. The average molecular weight is 472 g/mol. The van der Waals surface area contributed by atoms with Crippen molar-refractivity contribution >= 4 is 52.6 Å². The summed E-state index contributed by atoms with van der Waals surface area (Å²) in [6.45, 7) is 1.43. The van der Waals surface area contributed by atoms with Crippen molar-refractivity contribution in [1.82, 2.24) is 10.2 Å². The van der Waals surface area contributed by atoms with Crippen molar-refractivity contribution in [2.24, 2.45) is 0 Å². The van der Waals surface area contributed by atoms with E-state index in [1.807, 2.05) is 35.2 Å². The molecule has 0 unspecified atom stereocenters. The van der Waals surface area contributed by atoms with Crippen molar-refractivity contribution in [3.8, 4) is 0 Å². The molecule has 9 heteroatoms. The summed E-state index contributed by atoms with van der Waals surface area (Å²) in [6, 6.07) is 16.6. The predicted molar refractivity (Wildman–Crippen MR) is 127 cm³/mol. The number of carbonyl (C=O) groups excluding carboxylic acids is 2. The number of rotatable bonds is 5. The van der Waals surface area contributed by atoms with E-state index in [9.17, 15) is 9.59 Å². The number of para-hydroxylation sites is 1. The Kier molecular flexibility index (Phi) is 6.39. The topological polar surface area (TPSA) is 88.5 Å². The number of anilines is 2. The van der Waals surface area contributed by atoms with Gasteiger partial charge in [-0.15, -0.1) is 0 Å². The molecular weight excluding hydrogens is 449 g/mol. The van der Waals surface area contributed by atoms with Gasteiger partial charge in [-0.1, -0.05) is 47.5 Å². The van der Waals surface area contributed by atoms with Gasteiger partial charge in [0.15, 0.2) is 0 Å². The normalized spacial score (nSPS) is 18.2. The largest absolute Gasteiger partial charge is 0.369 e. The van der Waals surface area contributed by atoms with E-state index in [4.69, 9.17) is 28.6 Å². The summed E-state index contributed by atoms with van der Waals surface area (Å²) >= 11 is 12.3. The first-order valence-electron chi connectivity index (χ1n) is 10.3. The Morgan fingerprint density at radius 2 is 1.84 bits per heavy atom. The number of carbonyl (C=O) groups is 2. The molecule has 1 spiro atoms. The molecule has 2 aliphatic rings. The number of nitrogens with zero attached hydrogens (tertiary/aromatic N) is 2. The Morgan fingerprint density at radius 1 is 1.12 bits per heavy atom. The van der Waals surface area contributed by atoms with E-state index >= 15 is 0 Å². The van der Waals surface area contributed by atoms with Crippen LogP contribution >= 0.6 is 23.2 Å². The zero-order valence-electron chi connectivity index (χ0n) is 17.3. The highest BCUT2D eigenvalue weighted by Gasteiger charge is 2.50. The molecule has 2 aromatic carbocycles. The summed E-state index contributed by atoms with van der Waals surface area (Å²) in [6.07, 6.45) is 2.18. The first-order valence-corrected chi connectivity index (χ1v) is 11.0. The van der Waals surface area contributed by atoms with Crippen LogP contribution in [0.25, 0.3) is 0 Å². The average Bonchev–Trinajstić information content (AvgIpc) is 3.11. The van der Waals surface area contributed by atoms with Crippen LogP contribution in [-0.2, 0) is 9.59 Å². The van der Waals surface area contributed by atoms with E-state index in [-0.39, 0.29) is 10.9 Å². The molecule has 0 bridgehead atoms. The number of nitrogens with one attached hydrogen (secondary N) is 3. The van der Waals surface area contributed by atoms with E-state index in [2.05, 4.69) is 15.5 Å². The second-order valence-electron chi connectivity index (χ2n) is 7.75. The predicted octanol–water partition coefficient (Wildman–Crippen LogP) is 3.81. The maximum Gasteiger partial charge on any atom is 0.269 e. The van der Waals surface area contributed by atoms with E-state index < -0.39 is 11.4 Å². The fraction of sp³-hybridized carbons (Fsp3) is 0.261. The van der Waals surface area contributed by atoms with Gasteiger partial charge in [-0.2, -0.15) is 0 Å². The molecule has 0 atom stereocenters. The molecule has 0 aromatic heterocycles. The lowest BCUT2D eigenvalue weighted by molar-refractivity contribution is -0.125. The third kappa shape index (κ3) is 4.18. The van der Waals surface area contributed by atoms with Crippen LogP contribution in [0.3, 0.4) is 0 Å². The summed E-state index contributed by atoms with van der Waals surface area (Å²) in [5.74, 6) is -0.511. The first kappa shape index (κ1) is 22.2. The van der Waals surface area contributed by atoms with Crippen LogP contribution in [-0.4, -0.2) is 48.2 Å². The van der Waals surface area contributed by atoms with Gasteiger partial charge in [0, 0.05) is 35.7 Å². The Hall–Kier alpha value is -3.03. The highest BCUT2D eigenvalue weighted by Crippen LogP contribution is 2.37. The maximum atomic E-state index is 12.8. The van der Waals surface area contributed by atoms with Gasteiger partial charge < -0.3 is 25.8 Å². The number of halogens is 2. The zero-order chi connectivity index (χ0) is 22.7. The fourth-order valence-electron chi connectivity index (χ4n) is 4.31. The number of hydrogen-bond donors (Lipinski definition) is 3. The van der Waals surface area contributed by atoms with Gasteiger partial charge in [0.1, 0.15) is 10.6 Å². The summed E-state index contributed by atoms with van der Waals surface area (Å²) in [5.41, 5.74) is 1.18. The van der Waals surface area contributed by atoms with Crippen molar-refractivity contribution in [2.75, 3.05) is 30.0 Å². The van der Waals surface area contributed by atoms with Gasteiger partial charge in [-0.3, -0.25) is 9.59 Å². The minimum Gasteiger partial charge on any atom is -0.369 e. The quantitative estimate of drug-likeness (QED) is 0.456. The van der Waals surface area contributed by atoms with Crippen LogP contribution in [0.1, 0.15) is 12.8 Å². The summed E-state index contributed by atoms with van der Waals surface area (Å²) in [5, 5.41) is 13.9. The smallest absolute Gasteiger partial charge is 0.269 e. The molecule has 0 saturated carbocycles. The van der Waals surface area contributed by atoms with Crippen LogP contribution in [0.15, 0.2) is 65.3 Å². The van der Waals surface area contributed by atoms with Gasteiger partial charge in [0.2, 0.25) is 5.91 Å². The third-order valence-corrected chi connectivity index (χ3v) is 6.58. The van der Waals surface area contributed by atoms with Crippen molar-refractivity contribution in [2.45, 2.75) is 18.4 Å². The Balaban J connectivity index is 1.51. The van der Waals surface area contributed by atoms with Crippen molar-refractivity contribution < 1.29 is 9.59 Å². The Bertz CT molecular complexity index is 1070. The summed E-state index contributed by atoms with van der Waals surface area (Å²) in [7, 11) is 0. The van der Waals surface area contributed by atoms with E-state index in [0.29, 0.717) is 49.0 Å². The molecule has 166 valence electrons. The number of allylic oxidation sites excluding steroid dienone is 1. The molecule has 3 N–H and O–H groups in total. The maximum absolute atomic E-state index is 12.8. The lowest BCUT2D eigenvalue weighted by atomic mass is 9.85. The number of hydrogen-bond acceptors (Lipinski definition) is 5. The van der Waals surface area contributed by atoms with Gasteiger partial charge >= 0.3 is 0 Å². The van der Waals surface area contributed by atoms with Crippen LogP contribution in [0.2, 0.25) is 5.02 Å². The third-order valence-electron chi connectivity index (χ3n) is 5.98. The minimum atomic E-state index is -0.652. The summed E-state index contributed by atoms with van der Waals surface area (Å²) < 4.78 is 0. The van der Waals surface area contributed by atoms with Crippen LogP contribution in [0.5, 0.6) is 0 Å². The first-order chi connectivity index (χ1) is 15.4. The molecule has 2 aromatic rings. The van der Waals surface area contributed by atoms with Crippen molar-refractivity contribution in [1.29, 1.82) is 5.41 Å². The molecule has 0 aliphatic carbocycles. The number of piperidine rings is 1. The number of amides is 2. The SMILES string of the molecule is N=CC(=C(Cl)C(=O)Nc1cccc(Cl)c1)N1CCC2(CC1)C(=O)NCN2c1ccccc1. The van der Waals surface area contributed by atoms with Gasteiger partial charge in [-0.05, 0) is 43.2 Å². The summed E-state index contributed by atoms with van der Waals surface area (Å²) in [4.78, 5) is 29.5. The highest BCUT2D eigenvalue weighted by atomic mass is 35.5. The molecule has 32 heavy (non-hydrogen) atoms. The lowest BCUT2D eigenvalue weighted by Gasteiger charge is -2.44. The molecule has 0 radical (unpaired) electrons. The fourth-order valence-corrected chi connectivity index (χ4v) is 4.72. The van der Waals surface area contributed by atoms with E-state index in [0.717, 1.165) is 11.9 Å². The number of benzene rings is 2. The van der Waals surface area contributed by atoms with Gasteiger partial charge in [0.05, 0.1) is 12.4 Å². The molecule has 2 aliphatic heterocycles. The molecule has 2 fully saturated rings. The van der Waals surface area contributed by atoms with Crippen LogP contribution in [0.4, 0.5) is 11.4 Å². The molecule has 7 nitrogen and oxygen atoms in total. The van der Waals surface area contributed by atoms with Gasteiger partial charge in [0.25, 0.3) is 5.91 Å². The molecular formula is C23H23Cl2N5O2. The highest BCUT2D eigenvalue weighted by molar-refractivity contribution is 6.45. The Labute approximate surface area is 196 Å². The van der Waals surface area contributed by atoms with Crippen LogP contribution in [0, 0.1) is 5.41 Å². The minimum absolute atomic E-state index is 0.00572. The van der Waals surface area contributed by atoms with Gasteiger partial charge in [-0.25, -0.2) is 0 Å². The molecule has 2 heterocycles. The van der Waals surface area contributed by atoms with E-state index in [1.165, 1.54) is 0 Å². The Morgan fingerprint density at radius 3 is 2.50 bits per heavy atom. The number of likely N-dealkylation sites (tertiary alicyclic amines) is 1. The van der Waals surface area contributed by atoms with Crippen molar-refractivity contribution in [3.05, 3.63) is 70.3 Å². The molecule has 4 rings (SSSR count). The second kappa shape index (κ2) is 9.22. The van der Waals surface area contributed by atoms with Crippen molar-refractivity contribution in [3.63, 3.8) is 0 Å². The monoisotopic (exact) mass is 471 g/mol. The molecule has 2 saturated heterocycles. The van der Waals surface area contributed by atoms with E-state index in [1.54, 1.807) is 24.3 Å². The standard InChI is InChI=1S/C23H23Cl2N5O2/c24-16-5-4-6-17(13-16)28-21(31)20(25)19(14-26)29-11-9-23(10-12-29)22(32)27-15-30(23)18-7-2-1-3-8-18/h1-8,13-14,26H,9-12,15H2,(H,27,32)(H,28,31). The lowest BCUT2D eigenvalue weighted by Crippen LogP contribution is -2.56. The zero-order valence-corrected chi connectivity index (χ0v) is 18.8. The second-order valence-corrected chi connectivity index (χ2v) is 8.57. The van der Waals surface area contributed by atoms with Crippen LogP contribution < -0.4 is 15.5 Å².